The number of rotatable bonds is 5. The minimum absolute atomic E-state index is 0.0689. The summed E-state index contributed by atoms with van der Waals surface area (Å²) in [6.45, 7) is 0.921. The molecule has 0 saturated heterocycles. The van der Waals surface area contributed by atoms with Gasteiger partial charge in [0, 0.05) is 5.56 Å². The molecule has 1 atom stereocenters. The summed E-state index contributed by atoms with van der Waals surface area (Å²) < 4.78 is 32.9. The van der Waals surface area contributed by atoms with Crippen LogP contribution in [0, 0.1) is 0 Å². The van der Waals surface area contributed by atoms with Crippen LogP contribution in [0.1, 0.15) is 24.2 Å². The molecule has 0 aromatic heterocycles. The van der Waals surface area contributed by atoms with Gasteiger partial charge in [0.15, 0.2) is 6.61 Å². The molecule has 0 heterocycles. The highest BCUT2D eigenvalue weighted by Crippen LogP contribution is 2.29. The zero-order valence-corrected chi connectivity index (χ0v) is 11.1. The van der Waals surface area contributed by atoms with Gasteiger partial charge in [-0.2, -0.15) is 8.78 Å². The van der Waals surface area contributed by atoms with Crippen molar-refractivity contribution in [3.8, 4) is 5.75 Å². The summed E-state index contributed by atoms with van der Waals surface area (Å²) in [6.07, 6.45) is -0.588. The second kappa shape index (κ2) is 6.01. The van der Waals surface area contributed by atoms with Crippen LogP contribution in [-0.2, 0) is 5.92 Å². The van der Waals surface area contributed by atoms with Crippen molar-refractivity contribution in [2.75, 3.05) is 6.61 Å². The van der Waals surface area contributed by atoms with Crippen LogP contribution >= 0.6 is 0 Å². The molecule has 1 unspecified atom stereocenters. The average Bonchev–Trinajstić information content (AvgIpc) is 2.46. The molecule has 0 radical (unpaired) electrons. The SMILES string of the molecule is CC(O)c1ccc(OCC(F)(F)c2ccccc2)cc1. The van der Waals surface area contributed by atoms with Crippen LogP contribution in [0.2, 0.25) is 0 Å². The zero-order valence-electron chi connectivity index (χ0n) is 11.1. The van der Waals surface area contributed by atoms with Gasteiger partial charge in [0.25, 0.3) is 0 Å². The first-order valence-corrected chi connectivity index (χ1v) is 6.33. The number of ether oxygens (including phenoxy) is 1. The lowest BCUT2D eigenvalue weighted by Crippen LogP contribution is -2.23. The van der Waals surface area contributed by atoms with Gasteiger partial charge in [0.1, 0.15) is 5.75 Å². The van der Waals surface area contributed by atoms with E-state index in [1.165, 1.54) is 12.1 Å². The van der Waals surface area contributed by atoms with E-state index >= 15 is 0 Å². The second-order valence-electron chi connectivity index (χ2n) is 4.60. The van der Waals surface area contributed by atoms with Gasteiger partial charge in [-0.05, 0) is 24.6 Å². The molecule has 2 rings (SSSR count). The lowest BCUT2D eigenvalue weighted by Gasteiger charge is -2.17. The number of hydrogen-bond donors (Lipinski definition) is 1. The van der Waals surface area contributed by atoms with E-state index in [0.717, 1.165) is 0 Å². The van der Waals surface area contributed by atoms with E-state index in [4.69, 9.17) is 4.74 Å². The Hall–Kier alpha value is -1.94. The number of hydrogen-bond acceptors (Lipinski definition) is 2. The molecule has 2 aromatic carbocycles. The van der Waals surface area contributed by atoms with Gasteiger partial charge in [0.05, 0.1) is 6.10 Å². The topological polar surface area (TPSA) is 29.5 Å². The minimum atomic E-state index is -3.04. The van der Waals surface area contributed by atoms with Gasteiger partial charge in [0.2, 0.25) is 0 Å². The molecule has 2 nitrogen and oxygen atoms in total. The molecular formula is C16H16F2O2. The molecule has 20 heavy (non-hydrogen) atoms. The van der Waals surface area contributed by atoms with Crippen LogP contribution in [0.5, 0.6) is 5.75 Å². The third-order valence-electron chi connectivity index (χ3n) is 2.98. The third kappa shape index (κ3) is 3.54. The van der Waals surface area contributed by atoms with E-state index in [1.807, 2.05) is 0 Å². The minimum Gasteiger partial charge on any atom is -0.487 e. The summed E-state index contributed by atoms with van der Waals surface area (Å²) in [5.41, 5.74) is 0.646. The quantitative estimate of drug-likeness (QED) is 0.898. The number of alkyl halides is 2. The Morgan fingerprint density at radius 3 is 2.20 bits per heavy atom. The maximum Gasteiger partial charge on any atom is 0.306 e. The van der Waals surface area contributed by atoms with E-state index in [1.54, 1.807) is 49.4 Å². The van der Waals surface area contributed by atoms with E-state index in [2.05, 4.69) is 0 Å². The van der Waals surface area contributed by atoms with Crippen molar-refractivity contribution in [1.29, 1.82) is 0 Å². The summed E-state index contributed by atoms with van der Waals surface area (Å²) in [4.78, 5) is 0. The lowest BCUT2D eigenvalue weighted by molar-refractivity contribution is -0.0467. The maximum absolute atomic E-state index is 13.9. The molecule has 0 aliphatic rings. The fourth-order valence-electron chi connectivity index (χ4n) is 1.78. The van der Waals surface area contributed by atoms with E-state index in [0.29, 0.717) is 11.3 Å². The van der Waals surface area contributed by atoms with Crippen molar-refractivity contribution in [1.82, 2.24) is 0 Å². The Bertz CT molecular complexity index is 536. The molecule has 0 saturated carbocycles. The molecule has 0 aliphatic heterocycles. The van der Waals surface area contributed by atoms with Crippen LogP contribution in [0.4, 0.5) is 8.78 Å². The van der Waals surface area contributed by atoms with Gasteiger partial charge >= 0.3 is 5.92 Å². The van der Waals surface area contributed by atoms with E-state index < -0.39 is 18.6 Å². The zero-order chi connectivity index (χ0) is 14.6. The summed E-state index contributed by atoms with van der Waals surface area (Å²) in [5.74, 6) is -2.69. The summed E-state index contributed by atoms with van der Waals surface area (Å²) in [5, 5.41) is 9.36. The fourth-order valence-corrected chi connectivity index (χ4v) is 1.78. The summed E-state index contributed by atoms with van der Waals surface area (Å²) in [7, 11) is 0. The van der Waals surface area contributed by atoms with Crippen LogP contribution in [0.15, 0.2) is 54.6 Å². The third-order valence-corrected chi connectivity index (χ3v) is 2.98. The van der Waals surface area contributed by atoms with Crippen LogP contribution in [0.3, 0.4) is 0 Å². The number of benzene rings is 2. The first kappa shape index (κ1) is 14.5. The van der Waals surface area contributed by atoms with Gasteiger partial charge in [-0.15, -0.1) is 0 Å². The first-order chi connectivity index (χ1) is 9.49. The normalized spacial score (nSPS) is 13.0. The van der Waals surface area contributed by atoms with Gasteiger partial charge < -0.3 is 9.84 Å². The van der Waals surface area contributed by atoms with Gasteiger partial charge in [-0.1, -0.05) is 42.5 Å². The summed E-state index contributed by atoms with van der Waals surface area (Å²) in [6, 6.07) is 14.0. The van der Waals surface area contributed by atoms with Crippen LogP contribution in [-0.4, -0.2) is 11.7 Å². The predicted octanol–water partition coefficient (Wildman–Crippen LogP) is 3.91. The number of halogens is 2. The lowest BCUT2D eigenvalue weighted by atomic mass is 10.1. The Morgan fingerprint density at radius 2 is 1.65 bits per heavy atom. The Balaban J connectivity index is 2.01. The molecule has 4 heteroatoms. The van der Waals surface area contributed by atoms with Crippen LogP contribution < -0.4 is 4.74 Å². The van der Waals surface area contributed by atoms with Crippen molar-refractivity contribution in [3.05, 3.63) is 65.7 Å². The molecule has 0 bridgehead atoms. The van der Waals surface area contributed by atoms with E-state index in [9.17, 15) is 13.9 Å². The first-order valence-electron chi connectivity index (χ1n) is 6.33. The Labute approximate surface area is 116 Å². The molecule has 0 fully saturated rings. The van der Waals surface area contributed by atoms with Crippen LogP contribution in [0.25, 0.3) is 0 Å². The monoisotopic (exact) mass is 278 g/mol. The molecule has 0 aliphatic carbocycles. The largest absolute Gasteiger partial charge is 0.487 e. The molecule has 0 spiro atoms. The number of aliphatic hydroxyl groups excluding tert-OH is 1. The van der Waals surface area contributed by atoms with Crippen molar-refractivity contribution in [3.63, 3.8) is 0 Å². The predicted molar refractivity (Wildman–Crippen MR) is 72.9 cm³/mol. The van der Waals surface area contributed by atoms with Gasteiger partial charge in [-0.3, -0.25) is 0 Å². The van der Waals surface area contributed by atoms with Crippen molar-refractivity contribution < 1.29 is 18.6 Å². The Kier molecular flexibility index (Phi) is 4.35. The smallest absolute Gasteiger partial charge is 0.306 e. The molecular weight excluding hydrogens is 262 g/mol. The van der Waals surface area contributed by atoms with E-state index in [-0.39, 0.29) is 5.56 Å². The summed E-state index contributed by atoms with van der Waals surface area (Å²) >= 11 is 0. The average molecular weight is 278 g/mol. The van der Waals surface area contributed by atoms with Gasteiger partial charge in [-0.25, -0.2) is 0 Å². The van der Waals surface area contributed by atoms with Crippen molar-refractivity contribution >= 4 is 0 Å². The number of aliphatic hydroxyl groups is 1. The highest BCUT2D eigenvalue weighted by Gasteiger charge is 2.32. The molecule has 106 valence electrons. The maximum atomic E-state index is 13.9. The second-order valence-corrected chi connectivity index (χ2v) is 4.60. The molecule has 0 amide bonds. The molecule has 1 N–H and O–H groups in total. The van der Waals surface area contributed by atoms with Crippen molar-refractivity contribution in [2.45, 2.75) is 19.0 Å². The highest BCUT2D eigenvalue weighted by molar-refractivity contribution is 5.28. The Morgan fingerprint density at radius 1 is 1.05 bits per heavy atom. The molecule has 2 aromatic rings. The fraction of sp³-hybridized carbons (Fsp3) is 0.250. The standard InChI is InChI=1S/C16H16F2O2/c1-12(19)13-7-9-15(10-8-13)20-11-16(17,18)14-5-3-2-4-6-14/h2-10,12,19H,11H2,1H3. The highest BCUT2D eigenvalue weighted by atomic mass is 19.3. The van der Waals surface area contributed by atoms with Crippen molar-refractivity contribution in [2.24, 2.45) is 0 Å².